The molecule has 30 heavy (non-hydrogen) atoms. The molecule has 0 saturated heterocycles. The molecular weight excluding hydrogens is 402 g/mol. The molecule has 7 atom stereocenters. The first-order valence-electron chi connectivity index (χ1n) is 11.5. The van der Waals surface area contributed by atoms with Crippen LogP contribution in [-0.2, 0) is 14.4 Å². The number of Topliss-reactive ketones (excluding diaryl/α,β-unsaturated/α-hetero) is 1. The maximum absolute atomic E-state index is 12.7. The first kappa shape index (κ1) is 23.5. The van der Waals surface area contributed by atoms with E-state index in [0.717, 1.165) is 57.1 Å². The van der Waals surface area contributed by atoms with E-state index in [1.165, 1.54) is 0 Å². The molecule has 6 nitrogen and oxygen atoms in total. The summed E-state index contributed by atoms with van der Waals surface area (Å²) in [5.41, 5.74) is 6.66. The molecule has 0 heterocycles. The summed E-state index contributed by atoms with van der Waals surface area (Å²) in [6.07, 6.45) is 7.86. The average Bonchev–Trinajstić information content (AvgIpc) is 2.97. The fraction of sp³-hybridized carbons (Fsp3) is 0.870. The van der Waals surface area contributed by atoms with Crippen LogP contribution in [-0.4, -0.2) is 36.6 Å². The minimum Gasteiger partial charge on any atom is -0.395 e. The van der Waals surface area contributed by atoms with Gasteiger partial charge in [0, 0.05) is 31.3 Å². The molecule has 0 aromatic rings. The van der Waals surface area contributed by atoms with Crippen molar-refractivity contribution in [2.45, 2.75) is 78.2 Å². The number of oxime groups is 1. The van der Waals surface area contributed by atoms with Crippen molar-refractivity contribution in [1.29, 1.82) is 0 Å². The Bertz CT molecular complexity index is 714. The molecule has 4 aliphatic rings. The van der Waals surface area contributed by atoms with Gasteiger partial charge in [-0.15, -0.1) is 12.4 Å². The van der Waals surface area contributed by atoms with Gasteiger partial charge in [0.15, 0.2) is 0 Å². The maximum atomic E-state index is 12.7. The normalized spacial score (nSPS) is 43.8. The Balaban J connectivity index is 0.00000256. The standard InChI is InChI=1S/C23H37N3O3.ClH/c1-14(27)25-20-13-16-17-4-5-21(28)23(17,3)9-7-18(16)22(2)8-6-15(12-19(20)22)26-29-11-10-24;/h16-20H,4-13,24H2,1-3H3,(H,25,27);1H/t16-,17-,18+,19?,20?,22+,23-;/m0./s1. The van der Waals surface area contributed by atoms with E-state index in [0.29, 0.717) is 42.6 Å². The fourth-order valence-electron chi connectivity index (χ4n) is 7.61. The molecule has 0 radical (unpaired) electrons. The van der Waals surface area contributed by atoms with Crippen molar-refractivity contribution < 1.29 is 14.4 Å². The lowest BCUT2D eigenvalue weighted by molar-refractivity contribution is -0.141. The third-order valence-electron chi connectivity index (χ3n) is 9.05. The lowest BCUT2D eigenvalue weighted by Gasteiger charge is -2.61. The summed E-state index contributed by atoms with van der Waals surface area (Å²) >= 11 is 0. The van der Waals surface area contributed by atoms with Crippen molar-refractivity contribution in [3.8, 4) is 0 Å². The van der Waals surface area contributed by atoms with E-state index in [-0.39, 0.29) is 35.2 Å². The molecule has 3 N–H and O–H groups in total. The van der Waals surface area contributed by atoms with Crippen LogP contribution in [0.2, 0.25) is 0 Å². The second-order valence-electron chi connectivity index (χ2n) is 10.4. The Labute approximate surface area is 186 Å². The van der Waals surface area contributed by atoms with E-state index >= 15 is 0 Å². The van der Waals surface area contributed by atoms with Crippen LogP contribution in [0.3, 0.4) is 0 Å². The van der Waals surface area contributed by atoms with Gasteiger partial charge in [0.25, 0.3) is 0 Å². The third kappa shape index (κ3) is 3.79. The van der Waals surface area contributed by atoms with E-state index in [1.54, 1.807) is 6.92 Å². The maximum Gasteiger partial charge on any atom is 0.217 e. The zero-order valence-corrected chi connectivity index (χ0v) is 19.4. The number of halogens is 1. The Morgan fingerprint density at radius 3 is 2.67 bits per heavy atom. The zero-order valence-electron chi connectivity index (χ0n) is 18.6. The monoisotopic (exact) mass is 439 g/mol. The Morgan fingerprint density at radius 2 is 1.97 bits per heavy atom. The second kappa shape index (κ2) is 8.78. The molecule has 4 saturated carbocycles. The van der Waals surface area contributed by atoms with E-state index in [9.17, 15) is 9.59 Å². The topological polar surface area (TPSA) is 93.8 Å². The number of rotatable bonds is 4. The number of hydrogen-bond acceptors (Lipinski definition) is 5. The predicted molar refractivity (Wildman–Crippen MR) is 119 cm³/mol. The molecule has 0 bridgehead atoms. The van der Waals surface area contributed by atoms with Crippen molar-refractivity contribution >= 4 is 29.8 Å². The van der Waals surface area contributed by atoms with Crippen molar-refractivity contribution in [3.63, 3.8) is 0 Å². The van der Waals surface area contributed by atoms with E-state index < -0.39 is 0 Å². The molecule has 4 rings (SSSR count). The molecule has 1 amide bonds. The quantitative estimate of drug-likeness (QED) is 0.518. The van der Waals surface area contributed by atoms with Crippen molar-refractivity contribution in [2.24, 2.45) is 45.4 Å². The first-order chi connectivity index (χ1) is 13.8. The smallest absolute Gasteiger partial charge is 0.217 e. The lowest BCUT2D eigenvalue weighted by Crippen LogP contribution is -2.61. The van der Waals surface area contributed by atoms with Crippen molar-refractivity contribution in [2.75, 3.05) is 13.2 Å². The van der Waals surface area contributed by atoms with Gasteiger partial charge in [-0.05, 0) is 74.0 Å². The molecule has 0 spiro atoms. The summed E-state index contributed by atoms with van der Waals surface area (Å²) in [6, 6.07) is 0.150. The highest BCUT2D eigenvalue weighted by atomic mass is 35.5. The van der Waals surface area contributed by atoms with Gasteiger partial charge in [0.2, 0.25) is 5.91 Å². The number of ketones is 1. The van der Waals surface area contributed by atoms with Crippen LogP contribution in [0.25, 0.3) is 0 Å². The van der Waals surface area contributed by atoms with Crippen molar-refractivity contribution in [1.82, 2.24) is 5.32 Å². The number of amides is 1. The second-order valence-corrected chi connectivity index (χ2v) is 10.4. The molecular formula is C23H38ClN3O3. The molecule has 7 heteroatoms. The highest BCUT2D eigenvalue weighted by Gasteiger charge is 2.62. The SMILES string of the molecule is CC(=O)NC1C[C@@H]2[C@@H](CC[C@]3(C)C(=O)CC[C@@H]23)[C@@]2(C)CCC(=NOCCN)CC12.Cl. The van der Waals surface area contributed by atoms with Gasteiger partial charge in [-0.25, -0.2) is 0 Å². The minimum absolute atomic E-state index is 0. The van der Waals surface area contributed by atoms with E-state index in [1.807, 2.05) is 0 Å². The zero-order chi connectivity index (χ0) is 20.8. The van der Waals surface area contributed by atoms with Gasteiger partial charge >= 0.3 is 0 Å². The van der Waals surface area contributed by atoms with Crippen LogP contribution in [0, 0.1) is 34.5 Å². The molecule has 2 unspecified atom stereocenters. The van der Waals surface area contributed by atoms with Gasteiger partial charge in [0.1, 0.15) is 12.4 Å². The predicted octanol–water partition coefficient (Wildman–Crippen LogP) is 3.47. The highest BCUT2D eigenvalue weighted by Crippen LogP contribution is 2.65. The number of hydrogen-bond donors (Lipinski definition) is 2. The summed E-state index contributed by atoms with van der Waals surface area (Å²) in [7, 11) is 0. The van der Waals surface area contributed by atoms with Gasteiger partial charge in [0.05, 0.1) is 5.71 Å². The number of carbonyl (C=O) groups excluding carboxylic acids is 2. The van der Waals surface area contributed by atoms with Crippen LogP contribution in [0.15, 0.2) is 5.16 Å². The van der Waals surface area contributed by atoms with Gasteiger partial charge in [-0.3, -0.25) is 9.59 Å². The third-order valence-corrected chi connectivity index (χ3v) is 9.05. The summed E-state index contributed by atoms with van der Waals surface area (Å²) in [6.45, 7) is 7.19. The van der Waals surface area contributed by atoms with Crippen LogP contribution >= 0.6 is 12.4 Å². The molecule has 4 fully saturated rings. The minimum atomic E-state index is -0.136. The van der Waals surface area contributed by atoms with Crippen LogP contribution in [0.1, 0.15) is 72.1 Å². The van der Waals surface area contributed by atoms with Crippen LogP contribution in [0.4, 0.5) is 0 Å². The highest BCUT2D eigenvalue weighted by molar-refractivity contribution is 5.87. The number of nitrogens with two attached hydrogens (primary N) is 1. The summed E-state index contributed by atoms with van der Waals surface area (Å²) in [5.74, 6) is 2.53. The first-order valence-corrected chi connectivity index (χ1v) is 11.5. The Kier molecular flexibility index (Phi) is 6.88. The number of nitrogens with zero attached hydrogens (tertiary/aromatic N) is 1. The van der Waals surface area contributed by atoms with Gasteiger partial charge in [-0.1, -0.05) is 19.0 Å². The Hall–Kier alpha value is -1.14. The average molecular weight is 440 g/mol. The number of nitrogens with one attached hydrogen (secondary N) is 1. The summed E-state index contributed by atoms with van der Waals surface area (Å²) in [4.78, 5) is 30.1. The van der Waals surface area contributed by atoms with Gasteiger partial charge < -0.3 is 15.9 Å². The van der Waals surface area contributed by atoms with Crippen molar-refractivity contribution in [3.05, 3.63) is 0 Å². The number of fused-ring (bicyclic) bond motifs is 5. The largest absolute Gasteiger partial charge is 0.395 e. The van der Waals surface area contributed by atoms with Crippen LogP contribution in [0.5, 0.6) is 0 Å². The fourth-order valence-corrected chi connectivity index (χ4v) is 7.61. The Morgan fingerprint density at radius 1 is 1.20 bits per heavy atom. The molecule has 0 aromatic carbocycles. The van der Waals surface area contributed by atoms with E-state index in [4.69, 9.17) is 10.6 Å². The molecule has 4 aliphatic carbocycles. The molecule has 0 aromatic heterocycles. The van der Waals surface area contributed by atoms with E-state index in [2.05, 4.69) is 24.3 Å². The summed E-state index contributed by atoms with van der Waals surface area (Å²) < 4.78 is 0. The van der Waals surface area contributed by atoms with Gasteiger partial charge in [-0.2, -0.15) is 0 Å². The summed E-state index contributed by atoms with van der Waals surface area (Å²) in [5, 5.41) is 7.66. The molecule has 170 valence electrons. The number of carbonyl (C=O) groups is 2. The molecule has 0 aliphatic heterocycles. The van der Waals surface area contributed by atoms with Crippen LogP contribution < -0.4 is 11.1 Å². The lowest BCUT2D eigenvalue weighted by atomic mass is 9.44.